The summed E-state index contributed by atoms with van der Waals surface area (Å²) < 4.78 is 29.9. The monoisotopic (exact) mass is 621 g/mol. The van der Waals surface area contributed by atoms with E-state index in [1.165, 1.54) is 0 Å². The molecule has 3 atom stereocenters. The predicted octanol–water partition coefficient (Wildman–Crippen LogP) is 6.69. The van der Waals surface area contributed by atoms with Crippen LogP contribution in [0.2, 0.25) is 0 Å². The van der Waals surface area contributed by atoms with E-state index in [1.807, 2.05) is 105 Å². The van der Waals surface area contributed by atoms with Gasteiger partial charge in [-0.3, -0.25) is 4.79 Å². The number of ether oxygens (including phenoxy) is 2. The normalized spacial score (nSPS) is 12.6. The number of alkyl carbamates (subject to hydrolysis) is 1. The molecule has 0 saturated carbocycles. The minimum atomic E-state index is -2.45. The van der Waals surface area contributed by atoms with Crippen LogP contribution in [-0.4, -0.2) is 36.4 Å². The molecule has 0 spiro atoms. The second-order valence-electron chi connectivity index (χ2n) is 10.7. The third-order valence-corrected chi connectivity index (χ3v) is 8.39. The highest BCUT2D eigenvalue weighted by Gasteiger charge is 2.41. The summed E-state index contributed by atoms with van der Waals surface area (Å²) in [4.78, 5) is 37.8. The summed E-state index contributed by atoms with van der Waals surface area (Å²) >= 11 is 0. The smallest absolute Gasteiger partial charge is 0.459 e. The van der Waals surface area contributed by atoms with E-state index in [9.17, 15) is 18.9 Å². The van der Waals surface area contributed by atoms with Crippen molar-refractivity contribution in [2.45, 2.75) is 71.1 Å². The molecule has 2 unspecified atom stereocenters. The molecule has 2 N–H and O–H groups in total. The highest BCUT2D eigenvalue weighted by atomic mass is 31.1. The molecule has 0 bridgehead atoms. The van der Waals surface area contributed by atoms with Crippen molar-refractivity contribution in [3.8, 4) is 0 Å². The fourth-order valence-corrected chi connectivity index (χ4v) is 5.56. The van der Waals surface area contributed by atoms with Gasteiger partial charge in [0, 0.05) is 18.9 Å². The number of unbranched alkanes of at least 4 members (excludes halogenated alkanes) is 1. The fourth-order valence-electron chi connectivity index (χ4n) is 4.25. The van der Waals surface area contributed by atoms with Crippen molar-refractivity contribution in [1.29, 1.82) is 0 Å². The fraction of sp³-hybridized carbons (Fsp3) is 0.382. The summed E-state index contributed by atoms with van der Waals surface area (Å²) in [6.45, 7) is 4.23. The first kappa shape index (κ1) is 34.4. The number of amides is 2. The SMILES string of the molecule is CC(C)[C@@H](NC(=O)CCc1ccccc1)[P+](=O)OC(CCCCNC(=O)OCc1ccccc1)C(=O)OCc1ccccc1. The van der Waals surface area contributed by atoms with E-state index in [-0.39, 0.29) is 37.9 Å². The Morgan fingerprint density at radius 2 is 1.30 bits per heavy atom. The van der Waals surface area contributed by atoms with Gasteiger partial charge in [0.05, 0.1) is 0 Å². The van der Waals surface area contributed by atoms with Crippen LogP contribution in [0.4, 0.5) is 4.79 Å². The summed E-state index contributed by atoms with van der Waals surface area (Å²) in [5.74, 6) is -1.86. The second kappa shape index (κ2) is 19.3. The topological polar surface area (TPSA) is 120 Å². The van der Waals surface area contributed by atoms with E-state index < -0.39 is 32.0 Å². The van der Waals surface area contributed by atoms with Crippen molar-refractivity contribution in [2.24, 2.45) is 5.92 Å². The quantitative estimate of drug-likeness (QED) is 0.0923. The number of rotatable bonds is 18. The van der Waals surface area contributed by atoms with E-state index in [0.717, 1.165) is 16.7 Å². The highest BCUT2D eigenvalue weighted by molar-refractivity contribution is 7.40. The Labute approximate surface area is 260 Å². The lowest BCUT2D eigenvalue weighted by Gasteiger charge is -2.16. The molecule has 0 aliphatic rings. The van der Waals surface area contributed by atoms with Gasteiger partial charge >= 0.3 is 20.1 Å². The zero-order valence-corrected chi connectivity index (χ0v) is 26.2. The molecule has 9 nitrogen and oxygen atoms in total. The number of carbonyl (C=O) groups excluding carboxylic acids is 3. The van der Waals surface area contributed by atoms with Gasteiger partial charge in [0.15, 0.2) is 0 Å². The summed E-state index contributed by atoms with van der Waals surface area (Å²) in [6, 6.07) is 28.3. The lowest BCUT2D eigenvalue weighted by Crippen LogP contribution is -2.37. The van der Waals surface area contributed by atoms with Crippen LogP contribution in [0.3, 0.4) is 0 Å². The highest BCUT2D eigenvalue weighted by Crippen LogP contribution is 2.35. The molecule has 3 aromatic rings. The zero-order valence-electron chi connectivity index (χ0n) is 25.4. The first-order chi connectivity index (χ1) is 21.3. The maximum absolute atomic E-state index is 13.4. The third kappa shape index (κ3) is 13.1. The van der Waals surface area contributed by atoms with Crippen molar-refractivity contribution in [3.05, 3.63) is 108 Å². The maximum atomic E-state index is 13.4. The third-order valence-electron chi connectivity index (χ3n) is 6.74. The lowest BCUT2D eigenvalue weighted by atomic mass is 10.1. The van der Waals surface area contributed by atoms with Gasteiger partial charge in [-0.2, -0.15) is 0 Å². The van der Waals surface area contributed by atoms with Crippen LogP contribution in [0.1, 0.15) is 56.2 Å². The van der Waals surface area contributed by atoms with Crippen LogP contribution < -0.4 is 10.6 Å². The van der Waals surface area contributed by atoms with Gasteiger partial charge < -0.3 is 20.1 Å². The van der Waals surface area contributed by atoms with Crippen LogP contribution in [0.5, 0.6) is 0 Å². The Morgan fingerprint density at radius 1 is 0.750 bits per heavy atom. The largest absolute Gasteiger partial charge is 0.534 e. The Morgan fingerprint density at radius 3 is 1.86 bits per heavy atom. The Kier molecular flexibility index (Phi) is 15.1. The molecule has 44 heavy (non-hydrogen) atoms. The van der Waals surface area contributed by atoms with E-state index in [1.54, 1.807) is 0 Å². The summed E-state index contributed by atoms with van der Waals surface area (Å²) in [6.07, 6.45) is 0.402. The first-order valence-corrected chi connectivity index (χ1v) is 16.2. The van der Waals surface area contributed by atoms with Crippen LogP contribution in [-0.2, 0) is 47.8 Å². The number of carbonyl (C=O) groups is 3. The molecule has 3 rings (SSSR count). The molecule has 0 aromatic heterocycles. The van der Waals surface area contributed by atoms with Crippen molar-refractivity contribution in [3.63, 3.8) is 0 Å². The van der Waals surface area contributed by atoms with Gasteiger partial charge in [-0.1, -0.05) is 105 Å². The number of esters is 1. The molecular formula is C34H42N2O7P+. The molecule has 0 fully saturated rings. The minimum Gasteiger partial charge on any atom is -0.459 e. The van der Waals surface area contributed by atoms with Crippen molar-refractivity contribution >= 4 is 26.0 Å². The van der Waals surface area contributed by atoms with Crippen LogP contribution in [0.15, 0.2) is 91.0 Å². The van der Waals surface area contributed by atoms with Crippen molar-refractivity contribution < 1.29 is 32.9 Å². The van der Waals surface area contributed by atoms with Gasteiger partial charge in [0.1, 0.15) is 13.2 Å². The standard InChI is InChI=1S/C34H41N2O7P/c1-26(2)32(36-31(37)22-21-27-14-6-3-7-15-27)44(40)43-30(33(38)41-24-28-16-8-4-9-17-28)20-12-13-23-35-34(39)42-25-29-18-10-5-11-19-29/h3-11,14-19,26,30,32H,12-13,20-25H2,1-2H3,(H-,35,36,37,39)/p+1/t30?,32-/m0/s1. The zero-order chi connectivity index (χ0) is 31.6. The second-order valence-corrected chi connectivity index (χ2v) is 12.0. The molecule has 0 saturated heterocycles. The van der Waals surface area contributed by atoms with Crippen molar-refractivity contribution in [1.82, 2.24) is 10.6 Å². The predicted molar refractivity (Wildman–Crippen MR) is 169 cm³/mol. The Hall–Kier alpha value is -4.07. The van der Waals surface area contributed by atoms with Gasteiger partial charge in [0.2, 0.25) is 12.0 Å². The van der Waals surface area contributed by atoms with E-state index in [0.29, 0.717) is 25.8 Å². The van der Waals surface area contributed by atoms with Gasteiger partial charge in [-0.15, -0.1) is 4.52 Å². The minimum absolute atomic E-state index is 0.0506. The number of aryl methyl sites for hydroxylation is 1. The molecule has 0 aliphatic heterocycles. The molecule has 0 heterocycles. The molecule has 3 aromatic carbocycles. The first-order valence-electron chi connectivity index (χ1n) is 14.9. The molecule has 10 heteroatoms. The van der Waals surface area contributed by atoms with Gasteiger partial charge in [-0.25, -0.2) is 9.59 Å². The average molecular weight is 622 g/mol. The van der Waals surface area contributed by atoms with E-state index in [2.05, 4.69) is 10.6 Å². The van der Waals surface area contributed by atoms with Crippen LogP contribution in [0.25, 0.3) is 0 Å². The van der Waals surface area contributed by atoms with Crippen molar-refractivity contribution in [2.75, 3.05) is 6.54 Å². The number of benzene rings is 3. The maximum Gasteiger partial charge on any atom is 0.534 e. The van der Waals surface area contributed by atoms with Gasteiger partial charge in [-0.05, 0) is 46.9 Å². The van der Waals surface area contributed by atoms with Crippen LogP contribution in [0, 0.1) is 5.92 Å². The van der Waals surface area contributed by atoms with Gasteiger partial charge in [0.25, 0.3) is 5.78 Å². The number of hydrogen-bond acceptors (Lipinski definition) is 7. The molecule has 0 aliphatic carbocycles. The summed E-state index contributed by atoms with van der Waals surface area (Å²) in [7, 11) is -2.45. The number of nitrogens with one attached hydrogen (secondary N) is 2. The van der Waals surface area contributed by atoms with E-state index >= 15 is 0 Å². The molecule has 234 valence electrons. The Balaban J connectivity index is 1.51. The van der Waals surface area contributed by atoms with E-state index in [4.69, 9.17) is 14.0 Å². The Bertz CT molecular complexity index is 1310. The molecule has 0 radical (unpaired) electrons. The molecule has 2 amide bonds. The summed E-state index contributed by atoms with van der Waals surface area (Å²) in [5.41, 5.74) is 2.73. The molecular weight excluding hydrogens is 579 g/mol. The lowest BCUT2D eigenvalue weighted by molar-refractivity contribution is -0.153. The van der Waals surface area contributed by atoms with Crippen LogP contribution >= 0.6 is 8.03 Å². The summed E-state index contributed by atoms with van der Waals surface area (Å²) in [5, 5.41) is 5.54. The number of hydrogen-bond donors (Lipinski definition) is 2. The average Bonchev–Trinajstić information content (AvgIpc) is 3.04.